The predicted octanol–water partition coefficient (Wildman–Crippen LogP) is 2.52. The van der Waals surface area contributed by atoms with Crippen molar-refractivity contribution < 1.29 is 4.39 Å². The van der Waals surface area contributed by atoms with Gasteiger partial charge in [-0.25, -0.2) is 4.39 Å². The fraction of sp³-hybridized carbons (Fsp3) is 0.538. The van der Waals surface area contributed by atoms with Crippen LogP contribution in [-0.4, -0.2) is 20.6 Å². The fourth-order valence-corrected chi connectivity index (χ4v) is 1.94. The molecule has 1 aromatic carbocycles. The van der Waals surface area contributed by atoms with Crippen molar-refractivity contribution in [3.8, 4) is 0 Å². The van der Waals surface area contributed by atoms with E-state index in [1.807, 2.05) is 25.1 Å². The first-order valence-corrected chi connectivity index (χ1v) is 5.56. The molecule has 1 rings (SSSR count). The van der Waals surface area contributed by atoms with Crippen molar-refractivity contribution in [1.29, 1.82) is 0 Å². The Balaban J connectivity index is 3.23. The van der Waals surface area contributed by atoms with Crippen LogP contribution in [0.2, 0.25) is 0 Å². The number of rotatable bonds is 4. The van der Waals surface area contributed by atoms with Crippen LogP contribution in [0.4, 0.5) is 10.1 Å². The van der Waals surface area contributed by atoms with Gasteiger partial charge in [0.15, 0.2) is 0 Å². The first kappa shape index (κ1) is 13.0. The molecule has 90 valence electrons. The zero-order valence-corrected chi connectivity index (χ0v) is 10.5. The van der Waals surface area contributed by atoms with Crippen molar-refractivity contribution in [2.24, 2.45) is 5.73 Å². The summed E-state index contributed by atoms with van der Waals surface area (Å²) in [6, 6.07) is 4.94. The molecule has 0 aliphatic heterocycles. The summed E-state index contributed by atoms with van der Waals surface area (Å²) in [7, 11) is 3.94. The molecule has 2 N–H and O–H groups in total. The largest absolute Gasteiger partial charge is 0.377 e. The Hall–Kier alpha value is -1.09. The molecule has 0 aliphatic carbocycles. The van der Waals surface area contributed by atoms with Gasteiger partial charge >= 0.3 is 0 Å². The number of benzene rings is 1. The molecule has 0 atom stereocenters. The lowest BCUT2D eigenvalue weighted by atomic mass is 9.80. The Morgan fingerprint density at radius 1 is 1.31 bits per heavy atom. The van der Waals surface area contributed by atoms with Gasteiger partial charge in [0.1, 0.15) is 5.82 Å². The van der Waals surface area contributed by atoms with Crippen LogP contribution in [0.5, 0.6) is 0 Å². The van der Waals surface area contributed by atoms with E-state index in [1.165, 1.54) is 6.07 Å². The van der Waals surface area contributed by atoms with Crippen LogP contribution >= 0.6 is 0 Å². The second-order valence-electron chi connectivity index (χ2n) is 4.98. The maximum atomic E-state index is 13.3. The van der Waals surface area contributed by atoms with E-state index < -0.39 is 0 Å². The number of nitrogens with zero attached hydrogens (tertiary/aromatic N) is 1. The maximum absolute atomic E-state index is 13.3. The van der Waals surface area contributed by atoms with E-state index in [1.54, 1.807) is 6.07 Å². The highest BCUT2D eigenvalue weighted by atomic mass is 19.1. The van der Waals surface area contributed by atoms with Crippen molar-refractivity contribution in [2.75, 3.05) is 25.5 Å². The second-order valence-corrected chi connectivity index (χ2v) is 4.98. The molecule has 0 spiro atoms. The standard InChI is InChI=1S/C13H21FN2/c1-13(2,7-8-15)11-9-10(14)5-6-12(11)16(3)4/h5-6,9H,7-8,15H2,1-4H3. The van der Waals surface area contributed by atoms with Crippen LogP contribution in [-0.2, 0) is 5.41 Å². The van der Waals surface area contributed by atoms with E-state index >= 15 is 0 Å². The summed E-state index contributed by atoms with van der Waals surface area (Å²) in [5.41, 5.74) is 7.58. The number of hydrogen-bond acceptors (Lipinski definition) is 2. The molecular formula is C13H21FN2. The van der Waals surface area contributed by atoms with Crippen molar-refractivity contribution in [3.05, 3.63) is 29.6 Å². The van der Waals surface area contributed by atoms with E-state index in [-0.39, 0.29) is 11.2 Å². The monoisotopic (exact) mass is 224 g/mol. The van der Waals surface area contributed by atoms with Gasteiger partial charge in [-0.1, -0.05) is 13.8 Å². The number of anilines is 1. The topological polar surface area (TPSA) is 29.3 Å². The van der Waals surface area contributed by atoms with Gasteiger partial charge in [0, 0.05) is 19.8 Å². The van der Waals surface area contributed by atoms with Gasteiger partial charge in [-0.2, -0.15) is 0 Å². The summed E-state index contributed by atoms with van der Waals surface area (Å²) in [5, 5.41) is 0. The quantitative estimate of drug-likeness (QED) is 0.851. The minimum Gasteiger partial charge on any atom is -0.377 e. The molecule has 0 saturated carbocycles. The average molecular weight is 224 g/mol. The molecule has 0 unspecified atom stereocenters. The molecule has 0 aromatic heterocycles. The minimum absolute atomic E-state index is 0.101. The molecule has 3 heteroatoms. The minimum atomic E-state index is -0.189. The van der Waals surface area contributed by atoms with Gasteiger partial charge < -0.3 is 10.6 Å². The van der Waals surface area contributed by atoms with E-state index in [0.717, 1.165) is 17.7 Å². The van der Waals surface area contributed by atoms with Crippen molar-refractivity contribution >= 4 is 5.69 Å². The molecule has 0 amide bonds. The lowest BCUT2D eigenvalue weighted by Gasteiger charge is -2.30. The first-order valence-electron chi connectivity index (χ1n) is 5.56. The highest BCUT2D eigenvalue weighted by Gasteiger charge is 2.24. The van der Waals surface area contributed by atoms with Crippen LogP contribution < -0.4 is 10.6 Å². The van der Waals surface area contributed by atoms with Crippen LogP contribution in [0.15, 0.2) is 18.2 Å². The zero-order chi connectivity index (χ0) is 12.3. The Bertz CT molecular complexity index is 359. The molecule has 0 saturated heterocycles. The Labute approximate surface area is 97.3 Å². The molecule has 2 nitrogen and oxygen atoms in total. The summed E-state index contributed by atoms with van der Waals surface area (Å²) >= 11 is 0. The van der Waals surface area contributed by atoms with Gasteiger partial charge in [0.25, 0.3) is 0 Å². The normalized spacial score (nSPS) is 11.6. The highest BCUT2D eigenvalue weighted by molar-refractivity contribution is 5.55. The van der Waals surface area contributed by atoms with Crippen LogP contribution in [0, 0.1) is 5.82 Å². The molecule has 0 radical (unpaired) electrons. The van der Waals surface area contributed by atoms with E-state index in [2.05, 4.69) is 13.8 Å². The number of hydrogen-bond donors (Lipinski definition) is 1. The molecule has 1 aromatic rings. The zero-order valence-electron chi connectivity index (χ0n) is 10.5. The van der Waals surface area contributed by atoms with Crippen molar-refractivity contribution in [3.63, 3.8) is 0 Å². The van der Waals surface area contributed by atoms with E-state index in [0.29, 0.717) is 6.54 Å². The van der Waals surface area contributed by atoms with Gasteiger partial charge in [-0.3, -0.25) is 0 Å². The lowest BCUT2D eigenvalue weighted by molar-refractivity contribution is 0.483. The van der Waals surface area contributed by atoms with Gasteiger partial charge in [-0.05, 0) is 42.1 Å². The molecule has 0 heterocycles. The first-order chi connectivity index (χ1) is 7.38. The summed E-state index contributed by atoms with van der Waals surface area (Å²) in [6.45, 7) is 4.81. The van der Waals surface area contributed by atoms with Gasteiger partial charge in [0.05, 0.1) is 0 Å². The highest BCUT2D eigenvalue weighted by Crippen LogP contribution is 2.34. The molecule has 0 aliphatic rings. The average Bonchev–Trinajstić information content (AvgIpc) is 2.17. The predicted molar refractivity (Wildman–Crippen MR) is 67.4 cm³/mol. The van der Waals surface area contributed by atoms with Crippen molar-refractivity contribution in [1.82, 2.24) is 0 Å². The molecule has 0 fully saturated rings. The SMILES string of the molecule is CN(C)c1ccc(F)cc1C(C)(C)CCN. The third-order valence-electron chi connectivity index (χ3n) is 2.94. The van der Waals surface area contributed by atoms with Gasteiger partial charge in [-0.15, -0.1) is 0 Å². The van der Waals surface area contributed by atoms with Crippen LogP contribution in [0.25, 0.3) is 0 Å². The van der Waals surface area contributed by atoms with Crippen molar-refractivity contribution in [2.45, 2.75) is 25.7 Å². The summed E-state index contributed by atoms with van der Waals surface area (Å²) in [4.78, 5) is 2.01. The molecule has 0 bridgehead atoms. The Kier molecular flexibility index (Phi) is 3.92. The van der Waals surface area contributed by atoms with Crippen LogP contribution in [0.1, 0.15) is 25.8 Å². The number of nitrogens with two attached hydrogens (primary N) is 1. The molecular weight excluding hydrogens is 203 g/mol. The summed E-state index contributed by atoms with van der Waals surface area (Å²) in [6.07, 6.45) is 0.845. The third-order valence-corrected chi connectivity index (χ3v) is 2.94. The third kappa shape index (κ3) is 2.73. The van der Waals surface area contributed by atoms with Crippen LogP contribution in [0.3, 0.4) is 0 Å². The fourth-order valence-electron chi connectivity index (χ4n) is 1.94. The molecule has 16 heavy (non-hydrogen) atoms. The van der Waals surface area contributed by atoms with Gasteiger partial charge in [0.2, 0.25) is 0 Å². The lowest BCUT2D eigenvalue weighted by Crippen LogP contribution is -2.25. The smallest absolute Gasteiger partial charge is 0.123 e. The Morgan fingerprint density at radius 2 is 1.94 bits per heavy atom. The van der Waals surface area contributed by atoms with E-state index in [9.17, 15) is 4.39 Å². The second kappa shape index (κ2) is 4.83. The summed E-state index contributed by atoms with van der Waals surface area (Å²) in [5.74, 6) is -0.189. The maximum Gasteiger partial charge on any atom is 0.123 e. The summed E-state index contributed by atoms with van der Waals surface area (Å²) < 4.78 is 13.3. The Morgan fingerprint density at radius 3 is 2.44 bits per heavy atom. The number of halogens is 1. The van der Waals surface area contributed by atoms with E-state index in [4.69, 9.17) is 5.73 Å².